The van der Waals surface area contributed by atoms with E-state index in [1.54, 1.807) is 0 Å². The van der Waals surface area contributed by atoms with Gasteiger partial charge < -0.3 is 20.5 Å². The van der Waals surface area contributed by atoms with Gasteiger partial charge in [-0.1, -0.05) is 0 Å². The Morgan fingerprint density at radius 2 is 2.44 bits per heavy atom. The van der Waals surface area contributed by atoms with Crippen molar-refractivity contribution in [2.75, 3.05) is 37.4 Å². The molecule has 16 heavy (non-hydrogen) atoms. The normalized spacial score (nSPS) is 20.7. The monoisotopic (exact) mass is 244 g/mol. The fraction of sp³-hybridized carbons (Fsp3) is 0.556. The fourth-order valence-corrected chi connectivity index (χ4v) is 1.51. The molecule has 1 unspecified atom stereocenters. The van der Waals surface area contributed by atoms with Gasteiger partial charge in [-0.05, 0) is 11.6 Å². The van der Waals surface area contributed by atoms with E-state index in [4.69, 9.17) is 26.8 Å². The molecular weight excluding hydrogens is 232 g/mol. The predicted molar refractivity (Wildman–Crippen MR) is 60.5 cm³/mol. The van der Waals surface area contributed by atoms with E-state index in [1.807, 2.05) is 0 Å². The van der Waals surface area contributed by atoms with Crippen LogP contribution in [0.3, 0.4) is 0 Å². The Hall–Kier alpha value is -1.11. The van der Waals surface area contributed by atoms with Crippen molar-refractivity contribution in [3.8, 4) is 0 Å². The van der Waals surface area contributed by atoms with E-state index in [9.17, 15) is 0 Å². The number of anilines is 2. The molecule has 1 fully saturated rings. The van der Waals surface area contributed by atoms with Crippen molar-refractivity contribution in [3.63, 3.8) is 0 Å². The van der Waals surface area contributed by atoms with Gasteiger partial charge in [-0.15, -0.1) is 0 Å². The van der Waals surface area contributed by atoms with Gasteiger partial charge >= 0.3 is 0 Å². The van der Waals surface area contributed by atoms with Crippen molar-refractivity contribution in [2.45, 2.75) is 6.10 Å². The molecule has 1 aliphatic heterocycles. The molecule has 0 aromatic carbocycles. The van der Waals surface area contributed by atoms with Crippen LogP contribution in [0.15, 0.2) is 6.20 Å². The Morgan fingerprint density at radius 1 is 1.56 bits per heavy atom. The average molecular weight is 245 g/mol. The maximum Gasteiger partial charge on any atom is 0.224 e. The second-order valence-corrected chi connectivity index (χ2v) is 3.73. The predicted octanol–water partition coefficient (Wildman–Crippen LogP) is 0.539. The van der Waals surface area contributed by atoms with Gasteiger partial charge in [0.1, 0.15) is 0 Å². The Bertz CT molecular complexity index is 357. The molecule has 1 atom stereocenters. The van der Waals surface area contributed by atoms with E-state index >= 15 is 0 Å². The molecule has 0 spiro atoms. The third-order valence-electron chi connectivity index (χ3n) is 2.17. The molecule has 88 valence electrons. The summed E-state index contributed by atoms with van der Waals surface area (Å²) in [6.07, 6.45) is 1.48. The number of halogens is 1. The van der Waals surface area contributed by atoms with Gasteiger partial charge in [-0.2, -0.15) is 4.98 Å². The van der Waals surface area contributed by atoms with Crippen molar-refractivity contribution in [3.05, 3.63) is 11.5 Å². The van der Waals surface area contributed by atoms with Crippen LogP contribution in [0.5, 0.6) is 0 Å². The Morgan fingerprint density at radius 3 is 3.19 bits per heavy atom. The molecular formula is C9H13ClN4O2. The molecule has 3 N–H and O–H groups in total. The molecule has 0 amide bonds. The van der Waals surface area contributed by atoms with E-state index in [2.05, 4.69) is 15.3 Å². The lowest BCUT2D eigenvalue weighted by Gasteiger charge is -2.23. The number of nitrogens with two attached hydrogens (primary N) is 1. The van der Waals surface area contributed by atoms with E-state index in [-0.39, 0.29) is 11.4 Å². The summed E-state index contributed by atoms with van der Waals surface area (Å²) in [6.45, 7) is 2.42. The van der Waals surface area contributed by atoms with Gasteiger partial charge in [0, 0.05) is 6.54 Å². The van der Waals surface area contributed by atoms with E-state index in [0.29, 0.717) is 37.9 Å². The average Bonchev–Trinajstić information content (AvgIpc) is 2.32. The highest BCUT2D eigenvalue weighted by atomic mass is 35.5. The summed E-state index contributed by atoms with van der Waals surface area (Å²) < 4.78 is 10.7. The van der Waals surface area contributed by atoms with Crippen LogP contribution in [0.4, 0.5) is 11.5 Å². The van der Waals surface area contributed by atoms with Crippen molar-refractivity contribution in [2.24, 2.45) is 0 Å². The van der Waals surface area contributed by atoms with Gasteiger partial charge in [-0.3, -0.25) is 0 Å². The number of hydrogen-bond acceptors (Lipinski definition) is 6. The Balaban J connectivity index is 1.90. The lowest BCUT2D eigenvalue weighted by atomic mass is 10.3. The van der Waals surface area contributed by atoms with Crippen LogP contribution in [-0.4, -0.2) is 42.4 Å². The SMILES string of the molecule is Nc1cnc(Cl)nc1NCC1COCCO1. The van der Waals surface area contributed by atoms with Crippen LogP contribution >= 0.6 is 11.6 Å². The highest BCUT2D eigenvalue weighted by Gasteiger charge is 2.14. The van der Waals surface area contributed by atoms with E-state index in [1.165, 1.54) is 6.20 Å². The first-order valence-electron chi connectivity index (χ1n) is 4.97. The number of nitrogens with one attached hydrogen (secondary N) is 1. The topological polar surface area (TPSA) is 82.3 Å². The molecule has 2 rings (SSSR count). The zero-order valence-corrected chi connectivity index (χ0v) is 9.41. The second-order valence-electron chi connectivity index (χ2n) is 3.39. The highest BCUT2D eigenvalue weighted by Crippen LogP contribution is 2.16. The third kappa shape index (κ3) is 2.94. The molecule has 1 saturated heterocycles. The maximum absolute atomic E-state index is 5.69. The summed E-state index contributed by atoms with van der Waals surface area (Å²) in [5, 5.41) is 3.22. The van der Waals surface area contributed by atoms with Crippen molar-refractivity contribution in [1.82, 2.24) is 9.97 Å². The van der Waals surface area contributed by atoms with Crippen LogP contribution in [0.2, 0.25) is 5.28 Å². The van der Waals surface area contributed by atoms with Crippen LogP contribution in [-0.2, 0) is 9.47 Å². The van der Waals surface area contributed by atoms with Gasteiger partial charge in [0.25, 0.3) is 0 Å². The van der Waals surface area contributed by atoms with Gasteiger partial charge in [0.15, 0.2) is 5.82 Å². The zero-order valence-electron chi connectivity index (χ0n) is 8.65. The van der Waals surface area contributed by atoms with E-state index < -0.39 is 0 Å². The zero-order chi connectivity index (χ0) is 11.4. The van der Waals surface area contributed by atoms with Crippen LogP contribution in [0.25, 0.3) is 0 Å². The smallest absolute Gasteiger partial charge is 0.224 e. The van der Waals surface area contributed by atoms with Gasteiger partial charge in [0.05, 0.1) is 37.8 Å². The second kappa shape index (κ2) is 5.29. The molecule has 6 nitrogen and oxygen atoms in total. The highest BCUT2D eigenvalue weighted by molar-refractivity contribution is 6.28. The van der Waals surface area contributed by atoms with Crippen LogP contribution < -0.4 is 11.1 Å². The minimum atomic E-state index is 0.0156. The first-order valence-corrected chi connectivity index (χ1v) is 5.35. The number of nitrogen functional groups attached to an aromatic ring is 1. The van der Waals surface area contributed by atoms with Gasteiger partial charge in [-0.25, -0.2) is 4.98 Å². The molecule has 0 bridgehead atoms. The number of rotatable bonds is 3. The quantitative estimate of drug-likeness (QED) is 0.756. The number of hydrogen-bond donors (Lipinski definition) is 2. The largest absolute Gasteiger partial charge is 0.394 e. The summed E-state index contributed by atoms with van der Waals surface area (Å²) in [5.41, 5.74) is 6.15. The van der Waals surface area contributed by atoms with Crippen molar-refractivity contribution < 1.29 is 9.47 Å². The number of aromatic nitrogens is 2. The molecule has 2 heterocycles. The molecule has 1 aromatic heterocycles. The standard InChI is InChI=1S/C9H13ClN4O2/c10-9-13-4-7(11)8(14-9)12-3-6-5-15-1-2-16-6/h4,6H,1-3,5,11H2,(H,12,13,14). The van der Waals surface area contributed by atoms with E-state index in [0.717, 1.165) is 0 Å². The lowest BCUT2D eigenvalue weighted by molar-refractivity contribution is -0.0819. The van der Waals surface area contributed by atoms with Crippen LogP contribution in [0, 0.1) is 0 Å². The summed E-state index contributed by atoms with van der Waals surface area (Å²) in [5.74, 6) is 0.522. The summed E-state index contributed by atoms with van der Waals surface area (Å²) in [7, 11) is 0. The molecule has 0 aliphatic carbocycles. The fourth-order valence-electron chi connectivity index (χ4n) is 1.38. The minimum Gasteiger partial charge on any atom is -0.394 e. The number of ether oxygens (including phenoxy) is 2. The molecule has 0 radical (unpaired) electrons. The van der Waals surface area contributed by atoms with Crippen molar-refractivity contribution >= 4 is 23.1 Å². The van der Waals surface area contributed by atoms with Gasteiger partial charge in [0.2, 0.25) is 5.28 Å². The summed E-state index contributed by atoms with van der Waals surface area (Å²) in [4.78, 5) is 7.75. The first-order chi connectivity index (χ1) is 7.75. The maximum atomic E-state index is 5.69. The first kappa shape index (κ1) is 11.4. The molecule has 1 aromatic rings. The minimum absolute atomic E-state index is 0.0156. The molecule has 7 heteroatoms. The number of nitrogens with zero attached hydrogens (tertiary/aromatic N) is 2. The Kier molecular flexibility index (Phi) is 3.76. The Labute approximate surface area is 98.1 Å². The molecule has 1 aliphatic rings. The third-order valence-corrected chi connectivity index (χ3v) is 2.35. The lowest BCUT2D eigenvalue weighted by Crippen LogP contribution is -2.34. The summed E-state index contributed by atoms with van der Waals surface area (Å²) >= 11 is 5.66. The molecule has 0 saturated carbocycles. The summed E-state index contributed by atoms with van der Waals surface area (Å²) in [6, 6.07) is 0. The van der Waals surface area contributed by atoms with Crippen LogP contribution in [0.1, 0.15) is 0 Å². The van der Waals surface area contributed by atoms with Crippen molar-refractivity contribution in [1.29, 1.82) is 0 Å².